The summed E-state index contributed by atoms with van der Waals surface area (Å²) in [6.07, 6.45) is 0. The second kappa shape index (κ2) is 7.75. The molecule has 2 saturated heterocycles. The average molecular weight is 243 g/mol. The SMILES string of the molecule is C[C@@H]1CN[C@@H]1C.C[C@@H]1NC[C@@H]1C.Cl.Cl. The highest BCUT2D eigenvalue weighted by Gasteiger charge is 2.20. The second-order valence-corrected chi connectivity index (χ2v) is 4.35. The van der Waals surface area contributed by atoms with Crippen molar-refractivity contribution in [2.45, 2.75) is 39.8 Å². The molecule has 4 atom stereocenters. The van der Waals surface area contributed by atoms with Crippen LogP contribution >= 0.6 is 24.8 Å². The number of hydrogen-bond donors (Lipinski definition) is 2. The summed E-state index contributed by atoms with van der Waals surface area (Å²) in [5, 5.41) is 6.52. The van der Waals surface area contributed by atoms with Crippen molar-refractivity contribution in [2.75, 3.05) is 13.1 Å². The molecule has 0 spiro atoms. The van der Waals surface area contributed by atoms with Crippen LogP contribution in [0.4, 0.5) is 0 Å². The van der Waals surface area contributed by atoms with E-state index in [2.05, 4.69) is 38.3 Å². The number of hydrogen-bond acceptors (Lipinski definition) is 2. The molecule has 0 aromatic carbocycles. The van der Waals surface area contributed by atoms with Gasteiger partial charge in [0.15, 0.2) is 0 Å². The Morgan fingerprint density at radius 1 is 0.714 bits per heavy atom. The maximum atomic E-state index is 3.26. The second-order valence-electron chi connectivity index (χ2n) is 4.35. The Morgan fingerprint density at radius 2 is 0.929 bits per heavy atom. The zero-order chi connectivity index (χ0) is 9.14. The van der Waals surface area contributed by atoms with Gasteiger partial charge in [0.1, 0.15) is 0 Å². The zero-order valence-corrected chi connectivity index (χ0v) is 11.2. The highest BCUT2D eigenvalue weighted by atomic mass is 35.5. The molecule has 88 valence electrons. The van der Waals surface area contributed by atoms with Crippen LogP contribution in [-0.4, -0.2) is 25.2 Å². The summed E-state index contributed by atoms with van der Waals surface area (Å²) in [6.45, 7) is 11.4. The quantitative estimate of drug-likeness (QED) is 0.680. The van der Waals surface area contributed by atoms with Crippen molar-refractivity contribution in [3.63, 3.8) is 0 Å². The normalized spacial score (nSPS) is 38.6. The minimum Gasteiger partial charge on any atom is -0.314 e. The van der Waals surface area contributed by atoms with E-state index in [1.165, 1.54) is 13.1 Å². The van der Waals surface area contributed by atoms with Gasteiger partial charge in [-0.3, -0.25) is 0 Å². The van der Waals surface area contributed by atoms with E-state index < -0.39 is 0 Å². The van der Waals surface area contributed by atoms with Gasteiger partial charge in [-0.15, -0.1) is 24.8 Å². The fourth-order valence-corrected chi connectivity index (χ4v) is 1.18. The summed E-state index contributed by atoms with van der Waals surface area (Å²) in [7, 11) is 0. The Morgan fingerprint density at radius 3 is 0.929 bits per heavy atom. The molecule has 14 heavy (non-hydrogen) atoms. The minimum absolute atomic E-state index is 0. The molecule has 0 aromatic rings. The van der Waals surface area contributed by atoms with Crippen molar-refractivity contribution >= 4 is 24.8 Å². The number of halogens is 2. The Balaban J connectivity index is 0. The fraction of sp³-hybridized carbons (Fsp3) is 1.00. The molecule has 0 aromatic heterocycles. The maximum absolute atomic E-state index is 3.26. The third-order valence-corrected chi connectivity index (χ3v) is 3.23. The summed E-state index contributed by atoms with van der Waals surface area (Å²) in [5.74, 6) is 1.84. The summed E-state index contributed by atoms with van der Waals surface area (Å²) < 4.78 is 0. The molecule has 0 bridgehead atoms. The summed E-state index contributed by atoms with van der Waals surface area (Å²) in [6, 6.07) is 1.56. The number of nitrogens with one attached hydrogen (secondary N) is 2. The van der Waals surface area contributed by atoms with Crippen LogP contribution in [-0.2, 0) is 0 Å². The van der Waals surface area contributed by atoms with Gasteiger partial charge in [0.25, 0.3) is 0 Å². The van der Waals surface area contributed by atoms with Gasteiger partial charge in [-0.1, -0.05) is 13.8 Å². The monoisotopic (exact) mass is 242 g/mol. The Hall–Kier alpha value is 0.500. The number of rotatable bonds is 0. The lowest BCUT2D eigenvalue weighted by Crippen LogP contribution is -2.49. The van der Waals surface area contributed by atoms with E-state index in [0.717, 1.165) is 23.9 Å². The van der Waals surface area contributed by atoms with E-state index in [4.69, 9.17) is 0 Å². The zero-order valence-electron chi connectivity index (χ0n) is 9.54. The predicted molar refractivity (Wildman–Crippen MR) is 67.8 cm³/mol. The third-order valence-electron chi connectivity index (χ3n) is 3.23. The molecule has 2 aliphatic heterocycles. The van der Waals surface area contributed by atoms with Crippen LogP contribution < -0.4 is 10.6 Å². The predicted octanol–water partition coefficient (Wildman–Crippen LogP) is 2.07. The molecule has 0 radical (unpaired) electrons. The molecular formula is C10H24Cl2N2. The first kappa shape index (κ1) is 16.9. The van der Waals surface area contributed by atoms with Crippen LogP contribution in [0.2, 0.25) is 0 Å². The van der Waals surface area contributed by atoms with Crippen molar-refractivity contribution in [1.29, 1.82) is 0 Å². The highest BCUT2D eigenvalue weighted by molar-refractivity contribution is 5.85. The van der Waals surface area contributed by atoms with Crippen LogP contribution in [0.25, 0.3) is 0 Å². The molecule has 2 aliphatic rings. The van der Waals surface area contributed by atoms with Crippen molar-refractivity contribution in [3.05, 3.63) is 0 Å². The van der Waals surface area contributed by atoms with Gasteiger partial charge in [0.2, 0.25) is 0 Å². The van der Waals surface area contributed by atoms with Gasteiger partial charge < -0.3 is 10.6 Å². The molecule has 2 nitrogen and oxygen atoms in total. The fourth-order valence-electron chi connectivity index (χ4n) is 1.18. The van der Waals surface area contributed by atoms with Gasteiger partial charge in [-0.2, -0.15) is 0 Å². The van der Waals surface area contributed by atoms with Crippen molar-refractivity contribution in [3.8, 4) is 0 Å². The smallest absolute Gasteiger partial charge is 0.00765 e. The van der Waals surface area contributed by atoms with E-state index in [1.807, 2.05) is 0 Å². The lowest BCUT2D eigenvalue weighted by atomic mass is 9.96. The molecule has 2 fully saturated rings. The van der Waals surface area contributed by atoms with Crippen molar-refractivity contribution < 1.29 is 0 Å². The molecule has 2 heterocycles. The molecule has 0 amide bonds. The van der Waals surface area contributed by atoms with E-state index in [1.54, 1.807) is 0 Å². The van der Waals surface area contributed by atoms with Crippen LogP contribution in [0, 0.1) is 11.8 Å². The van der Waals surface area contributed by atoms with Gasteiger partial charge >= 0.3 is 0 Å². The lowest BCUT2D eigenvalue weighted by molar-refractivity contribution is 0.274. The van der Waals surface area contributed by atoms with Crippen LogP contribution in [0.3, 0.4) is 0 Å². The molecule has 2 N–H and O–H groups in total. The molecule has 0 saturated carbocycles. The molecule has 0 aliphatic carbocycles. The molecule has 4 heteroatoms. The van der Waals surface area contributed by atoms with Crippen molar-refractivity contribution in [1.82, 2.24) is 10.6 Å². The topological polar surface area (TPSA) is 24.1 Å². The third kappa shape index (κ3) is 4.83. The first-order valence-electron chi connectivity index (χ1n) is 5.08. The molecule has 0 unspecified atom stereocenters. The molecular weight excluding hydrogens is 219 g/mol. The first-order chi connectivity index (χ1) is 5.61. The first-order valence-corrected chi connectivity index (χ1v) is 5.08. The minimum atomic E-state index is 0. The molecule has 2 rings (SSSR count). The standard InChI is InChI=1S/2C5H11N.2ClH/c2*1-4-3-6-5(4)2;;/h2*4-6H,3H2,1-2H3;2*1H/t2*4-,5-;;/m10../s1. The van der Waals surface area contributed by atoms with Crippen LogP contribution in [0.15, 0.2) is 0 Å². The summed E-state index contributed by atoms with van der Waals surface area (Å²) >= 11 is 0. The lowest BCUT2D eigenvalue weighted by Gasteiger charge is -2.31. The van der Waals surface area contributed by atoms with E-state index >= 15 is 0 Å². The van der Waals surface area contributed by atoms with Crippen molar-refractivity contribution in [2.24, 2.45) is 11.8 Å². The summed E-state index contributed by atoms with van der Waals surface area (Å²) in [4.78, 5) is 0. The van der Waals surface area contributed by atoms with Gasteiger partial charge in [0.05, 0.1) is 0 Å². The largest absolute Gasteiger partial charge is 0.314 e. The van der Waals surface area contributed by atoms with E-state index in [0.29, 0.717) is 0 Å². The van der Waals surface area contributed by atoms with Crippen LogP contribution in [0.5, 0.6) is 0 Å². The van der Waals surface area contributed by atoms with Gasteiger partial charge in [-0.25, -0.2) is 0 Å². The van der Waals surface area contributed by atoms with Gasteiger partial charge in [0, 0.05) is 12.1 Å². The Bertz CT molecular complexity index is 112. The average Bonchev–Trinajstić information content (AvgIpc) is 2.12. The van der Waals surface area contributed by atoms with E-state index in [-0.39, 0.29) is 24.8 Å². The van der Waals surface area contributed by atoms with Crippen LogP contribution in [0.1, 0.15) is 27.7 Å². The maximum Gasteiger partial charge on any atom is 0.00765 e. The summed E-state index contributed by atoms with van der Waals surface area (Å²) in [5.41, 5.74) is 0. The van der Waals surface area contributed by atoms with Gasteiger partial charge in [-0.05, 0) is 38.8 Å². The Labute approximate surface area is 100 Å². The van der Waals surface area contributed by atoms with E-state index in [9.17, 15) is 0 Å². The Kier molecular flexibility index (Phi) is 9.36. The highest BCUT2D eigenvalue weighted by Crippen LogP contribution is 2.09.